The first kappa shape index (κ1) is 7.35. The molecule has 0 saturated heterocycles. The Morgan fingerprint density at radius 2 is 2.14 bits per heavy atom. The van der Waals surface area contributed by atoms with Gasteiger partial charge in [0.25, 0.3) is 0 Å². The summed E-state index contributed by atoms with van der Waals surface area (Å²) in [4.78, 5) is 0. The summed E-state index contributed by atoms with van der Waals surface area (Å²) in [5.74, 6) is 0. The van der Waals surface area contributed by atoms with Gasteiger partial charge in [0.15, 0.2) is 0 Å². The topological polar surface area (TPSA) is 9.23 Å². The van der Waals surface area contributed by atoms with E-state index in [1.807, 2.05) is 13.8 Å². The van der Waals surface area contributed by atoms with Crippen molar-refractivity contribution < 1.29 is 20.3 Å². The third-order valence-electron chi connectivity index (χ3n) is 0.579. The number of hydrogen-bond acceptors (Lipinski definition) is 1. The molecule has 0 aliphatic rings. The van der Waals surface area contributed by atoms with Crippen LogP contribution in [0.4, 0.5) is 0 Å². The molecule has 0 saturated carbocycles. The van der Waals surface area contributed by atoms with Crippen LogP contribution in [0, 0.1) is 0 Å². The van der Waals surface area contributed by atoms with E-state index < -0.39 is 0 Å². The summed E-state index contributed by atoms with van der Waals surface area (Å²) < 4.78 is 5.96. The molecule has 0 radical (unpaired) electrons. The van der Waals surface area contributed by atoms with Crippen molar-refractivity contribution >= 4 is 4.60 Å². The zero-order valence-corrected chi connectivity index (χ0v) is 5.88. The second-order valence-corrected chi connectivity index (χ2v) is 1.80. The Morgan fingerprint density at radius 3 is 2.29 bits per heavy atom. The summed E-state index contributed by atoms with van der Waals surface area (Å²) >= 11 is 3.23. The summed E-state index contributed by atoms with van der Waals surface area (Å²) in [6, 6.07) is 0. The van der Waals surface area contributed by atoms with Gasteiger partial charge in [0, 0.05) is 0 Å². The van der Waals surface area contributed by atoms with Crippen LogP contribution in [0.2, 0.25) is 0 Å². The van der Waals surface area contributed by atoms with E-state index in [1.54, 1.807) is 0 Å². The minimum absolute atomic E-state index is 0.758. The molecule has 0 spiro atoms. The zero-order valence-electron chi connectivity index (χ0n) is 4.70. The Labute approximate surface area is 52.4 Å². The molecule has 43 valence electrons. The Balaban J connectivity index is 3.00. The van der Waals surface area contributed by atoms with Gasteiger partial charge in [0.1, 0.15) is 0 Å². The molecule has 2 heteroatoms. The van der Waals surface area contributed by atoms with Gasteiger partial charge in [-0.05, 0) is 0 Å². The first-order chi connectivity index (χ1) is 3.31. The standard InChI is InChI=1S/C5H10O.Mn/c1-3-5-6-4-2;/h3-4H2,1-2H3;. The van der Waals surface area contributed by atoms with Crippen LogP contribution in [-0.4, -0.2) is 11.2 Å². The average Bonchev–Trinajstić information content (AvgIpc) is 1.68. The number of ether oxygens (including phenoxy) is 1. The maximum atomic E-state index is 5.02. The van der Waals surface area contributed by atoms with E-state index in [1.165, 1.54) is 0 Å². The van der Waals surface area contributed by atoms with Crippen molar-refractivity contribution in [3.05, 3.63) is 0 Å². The summed E-state index contributed by atoms with van der Waals surface area (Å²) in [7, 11) is 0. The third kappa shape index (κ3) is 4.20. The molecule has 0 bridgehead atoms. The van der Waals surface area contributed by atoms with Crippen LogP contribution >= 0.6 is 0 Å². The van der Waals surface area contributed by atoms with Gasteiger partial charge in [-0.3, -0.25) is 0 Å². The van der Waals surface area contributed by atoms with Crippen molar-refractivity contribution in [2.45, 2.75) is 20.3 Å². The molecule has 0 aromatic heterocycles. The molecule has 0 atom stereocenters. The summed E-state index contributed by atoms with van der Waals surface area (Å²) in [5, 5.41) is 0. The SMILES string of the molecule is CCO[C](=[Mn])CC. The van der Waals surface area contributed by atoms with Gasteiger partial charge in [0.05, 0.1) is 0 Å². The first-order valence-corrected chi connectivity index (χ1v) is 3.04. The normalized spacial score (nSPS) is 8.86. The first-order valence-electron chi connectivity index (χ1n) is 2.45. The molecule has 7 heavy (non-hydrogen) atoms. The van der Waals surface area contributed by atoms with Gasteiger partial charge in [0.2, 0.25) is 0 Å². The molecule has 0 N–H and O–H groups in total. The van der Waals surface area contributed by atoms with Crippen LogP contribution in [0.5, 0.6) is 0 Å². The van der Waals surface area contributed by atoms with Crippen LogP contribution in [-0.2, 0) is 20.3 Å². The molecule has 0 rings (SSSR count). The van der Waals surface area contributed by atoms with Gasteiger partial charge < -0.3 is 0 Å². The number of rotatable bonds is 3. The van der Waals surface area contributed by atoms with Gasteiger partial charge in [-0.25, -0.2) is 0 Å². The average molecular weight is 141 g/mol. The van der Waals surface area contributed by atoms with E-state index in [2.05, 4.69) is 15.6 Å². The van der Waals surface area contributed by atoms with Crippen LogP contribution in [0.25, 0.3) is 0 Å². The Kier molecular flexibility index (Phi) is 4.73. The van der Waals surface area contributed by atoms with E-state index in [-0.39, 0.29) is 0 Å². The third-order valence-corrected chi connectivity index (χ3v) is 1.17. The van der Waals surface area contributed by atoms with Crippen molar-refractivity contribution in [3.8, 4) is 0 Å². The van der Waals surface area contributed by atoms with Crippen LogP contribution < -0.4 is 0 Å². The van der Waals surface area contributed by atoms with Gasteiger partial charge in [-0.2, -0.15) is 0 Å². The van der Waals surface area contributed by atoms with Gasteiger partial charge >= 0.3 is 51.8 Å². The molecular formula is C5H10MnO. The van der Waals surface area contributed by atoms with Gasteiger partial charge in [-0.1, -0.05) is 0 Å². The Bertz CT molecular complexity index is 61.1. The van der Waals surface area contributed by atoms with Crippen molar-refractivity contribution in [3.63, 3.8) is 0 Å². The quantitative estimate of drug-likeness (QED) is 0.535. The molecule has 0 aromatic rings. The van der Waals surface area contributed by atoms with Crippen molar-refractivity contribution in [1.29, 1.82) is 0 Å². The maximum absolute atomic E-state index is 5.02. The van der Waals surface area contributed by atoms with Crippen LogP contribution in [0.1, 0.15) is 20.3 Å². The molecular weight excluding hydrogens is 131 g/mol. The van der Waals surface area contributed by atoms with Crippen molar-refractivity contribution in [1.82, 2.24) is 0 Å². The fraction of sp³-hybridized carbons (Fsp3) is 0.800. The van der Waals surface area contributed by atoms with Crippen molar-refractivity contribution in [2.75, 3.05) is 6.61 Å². The van der Waals surface area contributed by atoms with E-state index in [0.717, 1.165) is 17.6 Å². The molecule has 0 amide bonds. The predicted molar refractivity (Wildman–Crippen MR) is 26.9 cm³/mol. The zero-order chi connectivity index (χ0) is 5.70. The monoisotopic (exact) mass is 141 g/mol. The molecule has 0 aromatic carbocycles. The summed E-state index contributed by atoms with van der Waals surface area (Å²) in [6.45, 7) is 4.77. The van der Waals surface area contributed by atoms with E-state index in [9.17, 15) is 0 Å². The number of hydrogen-bond donors (Lipinski definition) is 0. The molecule has 1 nitrogen and oxygen atoms in total. The fourth-order valence-corrected chi connectivity index (χ4v) is 0.429. The molecule has 0 aliphatic carbocycles. The minimum atomic E-state index is 0.758. The summed E-state index contributed by atoms with van der Waals surface area (Å²) in [5.41, 5.74) is 0. The predicted octanol–water partition coefficient (Wildman–Crippen LogP) is 1.11. The Morgan fingerprint density at radius 1 is 1.57 bits per heavy atom. The van der Waals surface area contributed by atoms with Crippen molar-refractivity contribution in [2.24, 2.45) is 0 Å². The fourth-order valence-electron chi connectivity index (χ4n) is 0.259. The Hall–Kier alpha value is 0.349. The van der Waals surface area contributed by atoms with Crippen LogP contribution in [0.15, 0.2) is 0 Å². The molecule has 0 unspecified atom stereocenters. The summed E-state index contributed by atoms with van der Waals surface area (Å²) in [6.07, 6.45) is 0.952. The van der Waals surface area contributed by atoms with E-state index in [0.29, 0.717) is 0 Å². The van der Waals surface area contributed by atoms with E-state index >= 15 is 0 Å². The molecule has 0 heterocycles. The van der Waals surface area contributed by atoms with Crippen LogP contribution in [0.3, 0.4) is 0 Å². The molecule has 0 aliphatic heterocycles. The van der Waals surface area contributed by atoms with E-state index in [4.69, 9.17) is 4.74 Å². The van der Waals surface area contributed by atoms with Gasteiger partial charge in [-0.15, -0.1) is 0 Å². The second-order valence-electron chi connectivity index (χ2n) is 1.14. The second kappa shape index (κ2) is 4.51. The molecule has 0 fully saturated rings.